The van der Waals surface area contributed by atoms with Gasteiger partial charge >= 0.3 is 0 Å². The van der Waals surface area contributed by atoms with Crippen molar-refractivity contribution in [3.05, 3.63) is 125 Å². The van der Waals surface area contributed by atoms with E-state index in [9.17, 15) is 0 Å². The maximum absolute atomic E-state index is 6.57. The van der Waals surface area contributed by atoms with Gasteiger partial charge in [-0.05, 0) is 78.7 Å². The molecule has 5 rings (SSSR count). The summed E-state index contributed by atoms with van der Waals surface area (Å²) in [4.78, 5) is 2.63. The fraction of sp³-hybridized carbons (Fsp3) is 0.333. The molecule has 1 saturated heterocycles. The molecule has 39 heavy (non-hydrogen) atoms. The van der Waals surface area contributed by atoms with Gasteiger partial charge in [-0.15, -0.1) is 0 Å². The smallest absolute Gasteiger partial charge is 0.123 e. The van der Waals surface area contributed by atoms with Crippen LogP contribution in [0.5, 0.6) is 5.75 Å². The Morgan fingerprint density at radius 1 is 0.769 bits per heavy atom. The molecular weight excluding hydrogens is 493 g/mol. The van der Waals surface area contributed by atoms with Crippen LogP contribution < -0.4 is 14.9 Å². The van der Waals surface area contributed by atoms with Crippen LogP contribution in [0, 0.1) is 6.92 Å². The van der Waals surface area contributed by atoms with Crippen LogP contribution >= 0.6 is 8.58 Å². The van der Waals surface area contributed by atoms with Gasteiger partial charge in [-0.2, -0.15) is 0 Å². The quantitative estimate of drug-likeness (QED) is 0.188. The van der Waals surface area contributed by atoms with Crippen molar-refractivity contribution < 1.29 is 4.74 Å². The summed E-state index contributed by atoms with van der Waals surface area (Å²) in [5.41, 5.74) is 8.00. The van der Waals surface area contributed by atoms with Gasteiger partial charge in [0.1, 0.15) is 12.4 Å². The predicted molar refractivity (Wildman–Crippen MR) is 169 cm³/mol. The lowest BCUT2D eigenvalue weighted by Crippen LogP contribution is -2.33. The van der Waals surface area contributed by atoms with Crippen molar-refractivity contribution in [3.8, 4) is 5.75 Å². The Labute approximate surface area is 237 Å². The molecule has 2 unspecified atom stereocenters. The number of rotatable bonds is 10. The third kappa shape index (κ3) is 6.92. The van der Waals surface area contributed by atoms with Crippen LogP contribution in [0.3, 0.4) is 0 Å². The van der Waals surface area contributed by atoms with Gasteiger partial charge in [-0.25, -0.2) is 0 Å². The molecule has 3 heteroatoms. The molecule has 4 aromatic carbocycles. The molecule has 1 aliphatic heterocycles. The standard InChI is InChI=1S/C36H42NOP/c1-4-36(3,39-35-21-18-28(2)24-33(35)37-22-12-7-13-23-37)32-26-31(25-29-14-8-5-9-15-29)19-20-34(32)38-27-30-16-10-6-11-17-30/h5-6,8-11,14-21,24,26,39H,4,7,12-13,22-23,25,27H2,1-3H3. The molecule has 0 spiro atoms. The lowest BCUT2D eigenvalue weighted by atomic mass is 9.93. The van der Waals surface area contributed by atoms with Crippen LogP contribution in [0.4, 0.5) is 5.69 Å². The van der Waals surface area contributed by atoms with E-state index in [1.165, 1.54) is 71.2 Å². The number of nitrogens with zero attached hydrogens (tertiary/aromatic N) is 1. The molecule has 0 saturated carbocycles. The number of aryl methyl sites for hydroxylation is 1. The van der Waals surface area contributed by atoms with Crippen molar-refractivity contribution in [1.82, 2.24) is 0 Å². The Bertz CT molecular complexity index is 1350. The zero-order valence-electron chi connectivity index (χ0n) is 23.7. The van der Waals surface area contributed by atoms with Gasteiger partial charge in [0.2, 0.25) is 0 Å². The van der Waals surface area contributed by atoms with E-state index in [1.54, 1.807) is 0 Å². The van der Waals surface area contributed by atoms with Gasteiger partial charge in [-0.1, -0.05) is 107 Å². The van der Waals surface area contributed by atoms with Gasteiger partial charge in [0.05, 0.1) is 0 Å². The average Bonchev–Trinajstić information content (AvgIpc) is 2.99. The van der Waals surface area contributed by atoms with E-state index < -0.39 is 0 Å². The van der Waals surface area contributed by atoms with E-state index in [-0.39, 0.29) is 5.16 Å². The molecule has 1 fully saturated rings. The highest BCUT2D eigenvalue weighted by atomic mass is 31.1. The first kappa shape index (κ1) is 27.5. The summed E-state index contributed by atoms with van der Waals surface area (Å²) in [7, 11) is 0.655. The van der Waals surface area contributed by atoms with Gasteiger partial charge in [0, 0.05) is 29.5 Å². The number of hydrogen-bond donors (Lipinski definition) is 0. The molecule has 202 valence electrons. The first-order chi connectivity index (χ1) is 19.0. The van der Waals surface area contributed by atoms with Gasteiger partial charge < -0.3 is 9.64 Å². The van der Waals surface area contributed by atoms with Crippen LogP contribution in [0.25, 0.3) is 0 Å². The second-order valence-corrected chi connectivity index (χ2v) is 13.0. The Morgan fingerprint density at radius 3 is 2.15 bits per heavy atom. The zero-order valence-corrected chi connectivity index (χ0v) is 24.7. The van der Waals surface area contributed by atoms with E-state index in [2.05, 4.69) is 123 Å². The molecule has 1 heterocycles. The second-order valence-electron chi connectivity index (χ2n) is 11.1. The van der Waals surface area contributed by atoms with Crippen molar-refractivity contribution in [2.24, 2.45) is 0 Å². The number of piperidine rings is 1. The van der Waals surface area contributed by atoms with Gasteiger partial charge in [0.25, 0.3) is 0 Å². The monoisotopic (exact) mass is 535 g/mol. The number of anilines is 1. The molecular formula is C36H42NOP. The highest BCUT2D eigenvalue weighted by Crippen LogP contribution is 2.49. The molecule has 0 aliphatic carbocycles. The lowest BCUT2D eigenvalue weighted by molar-refractivity contribution is 0.299. The average molecular weight is 536 g/mol. The summed E-state index contributed by atoms with van der Waals surface area (Å²) < 4.78 is 6.57. The molecule has 2 nitrogen and oxygen atoms in total. The molecule has 0 bridgehead atoms. The van der Waals surface area contributed by atoms with E-state index in [0.717, 1.165) is 18.6 Å². The molecule has 1 aliphatic rings. The van der Waals surface area contributed by atoms with Crippen LogP contribution in [0.2, 0.25) is 0 Å². The SMILES string of the molecule is CCC(C)(Pc1ccc(C)cc1N1CCCCC1)c1cc(Cc2ccccc2)ccc1OCc1ccccc1. The Kier molecular flexibility index (Phi) is 9.05. The zero-order chi connectivity index (χ0) is 27.1. The highest BCUT2D eigenvalue weighted by Gasteiger charge is 2.31. The van der Waals surface area contributed by atoms with Crippen molar-refractivity contribution >= 4 is 19.6 Å². The van der Waals surface area contributed by atoms with E-state index in [0.29, 0.717) is 15.2 Å². The topological polar surface area (TPSA) is 12.5 Å². The minimum Gasteiger partial charge on any atom is -0.489 e. The third-order valence-electron chi connectivity index (χ3n) is 8.09. The maximum Gasteiger partial charge on any atom is 0.123 e. The van der Waals surface area contributed by atoms with Crippen LogP contribution in [0.15, 0.2) is 97.1 Å². The maximum atomic E-state index is 6.57. The molecule has 0 aromatic heterocycles. The van der Waals surface area contributed by atoms with E-state index >= 15 is 0 Å². The van der Waals surface area contributed by atoms with Crippen LogP contribution in [-0.4, -0.2) is 13.1 Å². The molecule has 0 N–H and O–H groups in total. The first-order valence-electron chi connectivity index (χ1n) is 14.5. The summed E-state index contributed by atoms with van der Waals surface area (Å²) in [6.07, 6.45) is 5.92. The number of ether oxygens (including phenoxy) is 1. The van der Waals surface area contributed by atoms with Gasteiger partial charge in [0.15, 0.2) is 0 Å². The summed E-state index contributed by atoms with van der Waals surface area (Å²) >= 11 is 0. The van der Waals surface area contributed by atoms with Gasteiger partial charge in [-0.3, -0.25) is 0 Å². The van der Waals surface area contributed by atoms with Crippen LogP contribution in [0.1, 0.15) is 67.3 Å². The van der Waals surface area contributed by atoms with Crippen LogP contribution in [-0.2, 0) is 18.2 Å². The summed E-state index contributed by atoms with van der Waals surface area (Å²) in [6, 6.07) is 35.3. The Morgan fingerprint density at radius 2 is 1.46 bits per heavy atom. The van der Waals surface area contributed by atoms with Crippen molar-refractivity contribution in [1.29, 1.82) is 0 Å². The Balaban J connectivity index is 1.51. The minimum absolute atomic E-state index is 0.0293. The lowest BCUT2D eigenvalue weighted by Gasteiger charge is -2.35. The molecule has 0 amide bonds. The third-order valence-corrected chi connectivity index (χ3v) is 9.96. The normalized spacial score (nSPS) is 15.4. The highest BCUT2D eigenvalue weighted by molar-refractivity contribution is 7.49. The van der Waals surface area contributed by atoms with E-state index in [1.807, 2.05) is 0 Å². The van der Waals surface area contributed by atoms with E-state index in [4.69, 9.17) is 4.74 Å². The fourth-order valence-corrected chi connectivity index (χ4v) is 7.22. The van der Waals surface area contributed by atoms with Crippen molar-refractivity contribution in [2.75, 3.05) is 18.0 Å². The number of hydrogen-bond acceptors (Lipinski definition) is 2. The summed E-state index contributed by atoms with van der Waals surface area (Å²) in [5, 5.41) is 1.45. The first-order valence-corrected chi connectivity index (χ1v) is 15.5. The fourth-order valence-electron chi connectivity index (χ4n) is 5.60. The molecule has 0 radical (unpaired) electrons. The van der Waals surface area contributed by atoms with Crippen molar-refractivity contribution in [3.63, 3.8) is 0 Å². The second kappa shape index (κ2) is 12.8. The molecule has 2 atom stereocenters. The molecule has 4 aromatic rings. The summed E-state index contributed by atoms with van der Waals surface area (Å²) in [5.74, 6) is 1.01. The summed E-state index contributed by atoms with van der Waals surface area (Å²) in [6.45, 7) is 9.93. The largest absolute Gasteiger partial charge is 0.489 e. The minimum atomic E-state index is -0.0293. The Hall–Kier alpha value is -3.09. The van der Waals surface area contributed by atoms with Crippen molar-refractivity contribution in [2.45, 2.75) is 64.6 Å². The predicted octanol–water partition coefficient (Wildman–Crippen LogP) is 8.78. The number of benzene rings is 4.